The Morgan fingerprint density at radius 1 is 1.62 bits per heavy atom. The molecule has 2 heterocycles. The summed E-state index contributed by atoms with van der Waals surface area (Å²) in [7, 11) is 0. The number of nitrogens with one attached hydrogen (secondary N) is 1. The molecule has 16 heavy (non-hydrogen) atoms. The maximum absolute atomic E-state index is 5.56. The number of rotatable bonds is 4. The van der Waals surface area contributed by atoms with Crippen molar-refractivity contribution in [3.05, 3.63) is 29.6 Å². The molecule has 4 nitrogen and oxygen atoms in total. The maximum Gasteiger partial charge on any atom is 0.0646 e. The van der Waals surface area contributed by atoms with Crippen molar-refractivity contribution in [3.8, 4) is 0 Å². The summed E-state index contributed by atoms with van der Waals surface area (Å²) in [6.45, 7) is 5.18. The van der Waals surface area contributed by atoms with Crippen LogP contribution in [-0.2, 0) is 17.8 Å². The number of hydrogen-bond donors (Lipinski definition) is 2. The summed E-state index contributed by atoms with van der Waals surface area (Å²) >= 11 is 0. The summed E-state index contributed by atoms with van der Waals surface area (Å²) in [6.07, 6.45) is 2.88. The minimum Gasteiger partial charge on any atom is -0.379 e. The van der Waals surface area contributed by atoms with Crippen molar-refractivity contribution in [2.24, 2.45) is 5.73 Å². The van der Waals surface area contributed by atoms with E-state index >= 15 is 0 Å². The van der Waals surface area contributed by atoms with E-state index in [1.807, 2.05) is 18.3 Å². The molecule has 1 atom stereocenters. The van der Waals surface area contributed by atoms with Crippen molar-refractivity contribution in [2.75, 3.05) is 13.2 Å². The quantitative estimate of drug-likeness (QED) is 0.790. The fourth-order valence-corrected chi connectivity index (χ4v) is 1.87. The van der Waals surface area contributed by atoms with Crippen LogP contribution in [0.25, 0.3) is 0 Å². The summed E-state index contributed by atoms with van der Waals surface area (Å²) in [5, 5.41) is 3.53. The second-order valence-corrected chi connectivity index (χ2v) is 4.58. The molecule has 1 saturated heterocycles. The van der Waals surface area contributed by atoms with Gasteiger partial charge < -0.3 is 15.8 Å². The standard InChI is InChI=1S/C12H19N3O/c1-12(3-5-16-9-12)15-8-10-2-4-14-11(6-10)7-13/h2,4,6,15H,3,5,7-9,13H2,1H3. The third kappa shape index (κ3) is 2.78. The van der Waals surface area contributed by atoms with Gasteiger partial charge in [-0.15, -0.1) is 0 Å². The van der Waals surface area contributed by atoms with Crippen LogP contribution in [-0.4, -0.2) is 23.7 Å². The van der Waals surface area contributed by atoms with Crippen LogP contribution in [0, 0.1) is 0 Å². The second kappa shape index (κ2) is 4.91. The fraction of sp³-hybridized carbons (Fsp3) is 0.583. The third-order valence-corrected chi connectivity index (χ3v) is 3.03. The first-order valence-corrected chi connectivity index (χ1v) is 5.68. The van der Waals surface area contributed by atoms with E-state index in [2.05, 4.69) is 17.2 Å². The number of ether oxygens (including phenoxy) is 1. The molecular weight excluding hydrogens is 202 g/mol. The Morgan fingerprint density at radius 3 is 3.19 bits per heavy atom. The Hall–Kier alpha value is -0.970. The highest BCUT2D eigenvalue weighted by atomic mass is 16.5. The molecule has 3 N–H and O–H groups in total. The van der Waals surface area contributed by atoms with E-state index < -0.39 is 0 Å². The SMILES string of the molecule is CC1(NCc2ccnc(CN)c2)CCOC1. The van der Waals surface area contributed by atoms with E-state index in [9.17, 15) is 0 Å². The molecule has 0 radical (unpaired) electrons. The topological polar surface area (TPSA) is 60.2 Å². The van der Waals surface area contributed by atoms with E-state index in [1.165, 1.54) is 5.56 Å². The summed E-state index contributed by atoms with van der Waals surface area (Å²) in [5.74, 6) is 0. The van der Waals surface area contributed by atoms with Crippen LogP contribution in [0.5, 0.6) is 0 Å². The van der Waals surface area contributed by atoms with Crippen LogP contribution in [0.1, 0.15) is 24.6 Å². The lowest BCUT2D eigenvalue weighted by atomic mass is 10.0. The van der Waals surface area contributed by atoms with Gasteiger partial charge in [-0.25, -0.2) is 0 Å². The first kappa shape index (κ1) is 11.5. The van der Waals surface area contributed by atoms with Gasteiger partial charge in [0.25, 0.3) is 0 Å². The third-order valence-electron chi connectivity index (χ3n) is 3.03. The van der Waals surface area contributed by atoms with Gasteiger partial charge in [0.15, 0.2) is 0 Å². The van der Waals surface area contributed by atoms with E-state index in [0.717, 1.165) is 31.9 Å². The van der Waals surface area contributed by atoms with E-state index in [0.29, 0.717) is 6.54 Å². The molecule has 0 amide bonds. The van der Waals surface area contributed by atoms with Crippen molar-refractivity contribution in [2.45, 2.75) is 32.0 Å². The minimum atomic E-state index is 0.117. The monoisotopic (exact) mass is 221 g/mol. The van der Waals surface area contributed by atoms with Crippen molar-refractivity contribution in [1.29, 1.82) is 0 Å². The van der Waals surface area contributed by atoms with Crippen LogP contribution in [0.4, 0.5) is 0 Å². The Labute approximate surface area is 96.2 Å². The average molecular weight is 221 g/mol. The van der Waals surface area contributed by atoms with Gasteiger partial charge in [0.1, 0.15) is 0 Å². The molecule has 0 aromatic carbocycles. The highest BCUT2D eigenvalue weighted by Crippen LogP contribution is 2.18. The molecule has 1 unspecified atom stereocenters. The molecule has 4 heteroatoms. The van der Waals surface area contributed by atoms with Crippen molar-refractivity contribution in [3.63, 3.8) is 0 Å². The normalized spacial score (nSPS) is 24.9. The van der Waals surface area contributed by atoms with Crippen molar-refractivity contribution >= 4 is 0 Å². The van der Waals surface area contributed by atoms with Crippen LogP contribution >= 0.6 is 0 Å². The van der Waals surface area contributed by atoms with E-state index in [4.69, 9.17) is 10.5 Å². The summed E-state index contributed by atoms with van der Waals surface area (Å²) in [5.41, 5.74) is 7.84. The largest absolute Gasteiger partial charge is 0.379 e. The molecule has 1 aromatic heterocycles. The number of hydrogen-bond acceptors (Lipinski definition) is 4. The minimum absolute atomic E-state index is 0.117. The molecule has 1 aliphatic heterocycles. The Morgan fingerprint density at radius 2 is 2.50 bits per heavy atom. The molecule has 2 rings (SSSR count). The number of nitrogens with two attached hydrogens (primary N) is 1. The summed E-state index contributed by atoms with van der Waals surface area (Å²) in [4.78, 5) is 4.18. The lowest BCUT2D eigenvalue weighted by Crippen LogP contribution is -2.42. The highest BCUT2D eigenvalue weighted by Gasteiger charge is 2.28. The second-order valence-electron chi connectivity index (χ2n) is 4.58. The number of aromatic nitrogens is 1. The van der Waals surface area contributed by atoms with Crippen molar-refractivity contribution < 1.29 is 4.74 Å². The molecule has 0 saturated carbocycles. The Balaban J connectivity index is 1.93. The van der Waals surface area contributed by atoms with Gasteiger partial charge in [-0.05, 0) is 31.0 Å². The molecule has 1 fully saturated rings. The molecular formula is C12H19N3O. The van der Waals surface area contributed by atoms with Crippen LogP contribution < -0.4 is 11.1 Å². The van der Waals surface area contributed by atoms with Crippen molar-refractivity contribution in [1.82, 2.24) is 10.3 Å². The Kier molecular flexibility index (Phi) is 3.53. The number of nitrogens with zero attached hydrogens (tertiary/aromatic N) is 1. The fourth-order valence-electron chi connectivity index (χ4n) is 1.87. The van der Waals surface area contributed by atoms with Gasteiger partial charge in [-0.3, -0.25) is 4.98 Å². The van der Waals surface area contributed by atoms with Crippen LogP contribution in [0.15, 0.2) is 18.3 Å². The first-order valence-electron chi connectivity index (χ1n) is 5.68. The lowest BCUT2D eigenvalue weighted by molar-refractivity contribution is 0.171. The van der Waals surface area contributed by atoms with Gasteiger partial charge >= 0.3 is 0 Å². The zero-order chi connectivity index (χ0) is 11.4. The molecule has 0 spiro atoms. The van der Waals surface area contributed by atoms with Crippen LogP contribution in [0.3, 0.4) is 0 Å². The van der Waals surface area contributed by atoms with Gasteiger partial charge in [-0.2, -0.15) is 0 Å². The summed E-state index contributed by atoms with van der Waals surface area (Å²) < 4.78 is 5.40. The van der Waals surface area contributed by atoms with E-state index in [1.54, 1.807) is 0 Å². The van der Waals surface area contributed by atoms with Gasteiger partial charge in [0.05, 0.1) is 12.3 Å². The average Bonchev–Trinajstić information content (AvgIpc) is 2.75. The molecule has 0 aliphatic carbocycles. The Bertz CT molecular complexity index is 348. The van der Waals surface area contributed by atoms with Crippen LogP contribution in [0.2, 0.25) is 0 Å². The first-order chi connectivity index (χ1) is 7.72. The smallest absolute Gasteiger partial charge is 0.0646 e. The van der Waals surface area contributed by atoms with Gasteiger partial charge in [-0.1, -0.05) is 0 Å². The number of pyridine rings is 1. The molecule has 1 aromatic rings. The van der Waals surface area contributed by atoms with Gasteiger partial charge in [0, 0.05) is 31.4 Å². The molecule has 0 bridgehead atoms. The summed E-state index contributed by atoms with van der Waals surface area (Å²) in [6, 6.07) is 4.07. The lowest BCUT2D eigenvalue weighted by Gasteiger charge is -2.23. The maximum atomic E-state index is 5.56. The predicted octanol–water partition coefficient (Wildman–Crippen LogP) is 0.809. The predicted molar refractivity (Wildman–Crippen MR) is 62.8 cm³/mol. The van der Waals surface area contributed by atoms with E-state index in [-0.39, 0.29) is 5.54 Å². The zero-order valence-corrected chi connectivity index (χ0v) is 9.70. The van der Waals surface area contributed by atoms with Gasteiger partial charge in [0.2, 0.25) is 0 Å². The highest BCUT2D eigenvalue weighted by molar-refractivity contribution is 5.16. The molecule has 1 aliphatic rings. The molecule has 88 valence electrons. The zero-order valence-electron chi connectivity index (χ0n) is 9.70.